The zero-order valence-corrected chi connectivity index (χ0v) is 68.7. The van der Waals surface area contributed by atoms with Gasteiger partial charge in [0.05, 0.1) is 26.4 Å². The number of aliphatic hydroxyl groups excluding tert-OH is 1. The van der Waals surface area contributed by atoms with Crippen molar-refractivity contribution in [2.24, 2.45) is 11.8 Å². The number of phosphoric acid groups is 2. The van der Waals surface area contributed by atoms with Crippen LogP contribution in [-0.4, -0.2) is 96.7 Å². The maximum Gasteiger partial charge on any atom is 0.472 e. The van der Waals surface area contributed by atoms with Crippen LogP contribution in [0.3, 0.4) is 0 Å². The van der Waals surface area contributed by atoms with Gasteiger partial charge in [-0.05, 0) is 37.5 Å². The first kappa shape index (κ1) is 100. The van der Waals surface area contributed by atoms with E-state index in [4.69, 9.17) is 37.0 Å². The number of carbonyl (C=O) groups is 4. The summed E-state index contributed by atoms with van der Waals surface area (Å²) < 4.78 is 68.8. The second-order valence-corrected chi connectivity index (χ2v) is 33.3. The third kappa shape index (κ3) is 73.6. The molecule has 17 nitrogen and oxygen atoms in total. The van der Waals surface area contributed by atoms with Gasteiger partial charge < -0.3 is 33.8 Å². The Morgan fingerprint density at radius 2 is 0.471 bits per heavy atom. The minimum Gasteiger partial charge on any atom is -0.462 e. The van der Waals surface area contributed by atoms with Crippen LogP contribution in [-0.2, 0) is 65.4 Å². The molecular weight excluding hydrogens is 1330 g/mol. The molecule has 102 heavy (non-hydrogen) atoms. The summed E-state index contributed by atoms with van der Waals surface area (Å²) in [6.07, 6.45) is 65.3. The first-order chi connectivity index (χ1) is 49.4. The SMILES string of the molecule is CCCCCCCCCCCCCCCCCCCCCCCCC(=O)O[C@H](COC(=O)CCCCCCCCCCCCCCCCCC)COP(=O)(O)OC[C@@H](O)COP(=O)(O)OC[C@@H](COC(=O)CCCCCCCCC(C)CC)OC(=O)CCCCCCCCCCCCC(C)CC. The van der Waals surface area contributed by atoms with E-state index in [-0.39, 0.29) is 25.7 Å². The maximum atomic E-state index is 13.1. The standard InChI is InChI=1S/C83H162O17P2/c1-7-11-13-15-17-19-21-23-25-27-28-29-30-31-32-34-36-38-43-47-55-61-67-82(87)99-78(71-93-80(85)65-59-53-46-42-37-35-33-26-24-22-20-18-16-14-12-8-2)73-97-101(89,90)95-69-77(84)70-96-102(91,92)98-74-79(72-94-81(86)66-60-54-50-49-52-58-64-76(6)10-4)100-83(88)68-62-56-48-44-40-39-41-45-51-57-63-75(5)9-3/h75-79,84H,7-74H2,1-6H3,(H,89,90)(H,91,92)/t75?,76?,77-,78-,79-/m1/s1. The molecule has 606 valence electrons. The first-order valence-corrected chi connectivity index (χ1v) is 46.1. The van der Waals surface area contributed by atoms with E-state index in [1.165, 1.54) is 250 Å². The zero-order valence-electron chi connectivity index (χ0n) is 66.9. The number of carbonyl (C=O) groups excluding carboxylic acids is 4. The van der Waals surface area contributed by atoms with E-state index < -0.39 is 97.5 Å². The molecule has 0 radical (unpaired) electrons. The van der Waals surface area contributed by atoms with Gasteiger partial charge in [0.25, 0.3) is 0 Å². The largest absolute Gasteiger partial charge is 0.472 e. The van der Waals surface area contributed by atoms with Crippen LogP contribution in [0.1, 0.15) is 440 Å². The molecule has 0 heterocycles. The fraction of sp³-hybridized carbons (Fsp3) is 0.952. The van der Waals surface area contributed by atoms with Gasteiger partial charge in [-0.25, -0.2) is 9.13 Å². The summed E-state index contributed by atoms with van der Waals surface area (Å²) in [7, 11) is -9.92. The lowest BCUT2D eigenvalue weighted by atomic mass is 9.99. The van der Waals surface area contributed by atoms with Gasteiger partial charge in [-0.15, -0.1) is 0 Å². The Balaban J connectivity index is 5.22. The van der Waals surface area contributed by atoms with Crippen LogP contribution in [0.5, 0.6) is 0 Å². The lowest BCUT2D eigenvalue weighted by molar-refractivity contribution is -0.161. The van der Waals surface area contributed by atoms with Crippen molar-refractivity contribution in [3.05, 3.63) is 0 Å². The topological polar surface area (TPSA) is 237 Å². The molecule has 3 N–H and O–H groups in total. The van der Waals surface area contributed by atoms with Crippen LogP contribution in [0.4, 0.5) is 0 Å². The van der Waals surface area contributed by atoms with Crippen LogP contribution >= 0.6 is 15.6 Å². The Bertz CT molecular complexity index is 1960. The fourth-order valence-corrected chi connectivity index (χ4v) is 14.4. The lowest BCUT2D eigenvalue weighted by Gasteiger charge is -2.21. The second-order valence-electron chi connectivity index (χ2n) is 30.4. The van der Waals surface area contributed by atoms with Gasteiger partial charge in [0.15, 0.2) is 12.2 Å². The molecule has 4 unspecified atom stereocenters. The number of ether oxygens (including phenoxy) is 4. The molecule has 0 saturated heterocycles. The van der Waals surface area contributed by atoms with E-state index in [1.54, 1.807) is 0 Å². The molecule has 0 amide bonds. The highest BCUT2D eigenvalue weighted by molar-refractivity contribution is 7.47. The Kier molecular flexibility index (Phi) is 73.1. The van der Waals surface area contributed by atoms with E-state index >= 15 is 0 Å². The van der Waals surface area contributed by atoms with Crippen molar-refractivity contribution in [2.75, 3.05) is 39.6 Å². The van der Waals surface area contributed by atoms with Gasteiger partial charge in [-0.3, -0.25) is 37.3 Å². The van der Waals surface area contributed by atoms with Crippen molar-refractivity contribution in [1.82, 2.24) is 0 Å². The predicted molar refractivity (Wildman–Crippen MR) is 418 cm³/mol. The number of hydrogen-bond acceptors (Lipinski definition) is 15. The summed E-state index contributed by atoms with van der Waals surface area (Å²) >= 11 is 0. The summed E-state index contributed by atoms with van der Waals surface area (Å²) in [5.41, 5.74) is 0. The van der Waals surface area contributed by atoms with Crippen molar-refractivity contribution in [3.63, 3.8) is 0 Å². The highest BCUT2D eigenvalue weighted by atomic mass is 31.2. The molecule has 0 aliphatic carbocycles. The van der Waals surface area contributed by atoms with Crippen LogP contribution < -0.4 is 0 Å². The molecule has 7 atom stereocenters. The maximum absolute atomic E-state index is 13.1. The van der Waals surface area contributed by atoms with Crippen molar-refractivity contribution >= 4 is 39.5 Å². The molecule has 0 aromatic heterocycles. The Morgan fingerprint density at radius 3 is 0.696 bits per heavy atom. The molecule has 0 bridgehead atoms. The van der Waals surface area contributed by atoms with E-state index in [0.717, 1.165) is 108 Å². The number of esters is 4. The van der Waals surface area contributed by atoms with E-state index in [1.807, 2.05) is 0 Å². The average Bonchev–Trinajstić information content (AvgIpc) is 0.934. The van der Waals surface area contributed by atoms with Gasteiger partial charge >= 0.3 is 39.5 Å². The minimum atomic E-state index is -4.96. The van der Waals surface area contributed by atoms with Crippen molar-refractivity contribution < 1.29 is 80.2 Å². The van der Waals surface area contributed by atoms with Crippen molar-refractivity contribution in [1.29, 1.82) is 0 Å². The number of unbranched alkanes of at least 4 members (excludes halogenated alkanes) is 50. The van der Waals surface area contributed by atoms with Gasteiger partial charge in [-0.1, -0.05) is 388 Å². The fourth-order valence-electron chi connectivity index (χ4n) is 12.8. The quantitative estimate of drug-likeness (QED) is 0.0222. The molecule has 0 aliphatic rings. The third-order valence-electron chi connectivity index (χ3n) is 20.2. The highest BCUT2D eigenvalue weighted by Crippen LogP contribution is 2.45. The van der Waals surface area contributed by atoms with Gasteiger partial charge in [0.1, 0.15) is 19.3 Å². The lowest BCUT2D eigenvalue weighted by Crippen LogP contribution is -2.30. The van der Waals surface area contributed by atoms with E-state index in [2.05, 4.69) is 41.5 Å². The molecule has 0 rings (SSSR count). The number of aliphatic hydroxyl groups is 1. The Morgan fingerprint density at radius 1 is 0.275 bits per heavy atom. The van der Waals surface area contributed by atoms with Gasteiger partial charge in [-0.2, -0.15) is 0 Å². The summed E-state index contributed by atoms with van der Waals surface area (Å²) in [5.74, 6) is -0.575. The van der Waals surface area contributed by atoms with Gasteiger partial charge in [0, 0.05) is 25.7 Å². The summed E-state index contributed by atoms with van der Waals surface area (Å²) in [4.78, 5) is 73.1. The molecule has 0 aromatic carbocycles. The smallest absolute Gasteiger partial charge is 0.462 e. The highest BCUT2D eigenvalue weighted by Gasteiger charge is 2.30. The number of phosphoric ester groups is 2. The van der Waals surface area contributed by atoms with Crippen LogP contribution in [0, 0.1) is 11.8 Å². The van der Waals surface area contributed by atoms with Crippen molar-refractivity contribution in [2.45, 2.75) is 458 Å². The summed E-state index contributed by atoms with van der Waals surface area (Å²) in [6, 6.07) is 0. The molecule has 0 fully saturated rings. The minimum absolute atomic E-state index is 0.106. The molecule has 0 aromatic rings. The average molecular weight is 1490 g/mol. The number of hydrogen-bond donors (Lipinski definition) is 3. The molecule has 0 aliphatic heterocycles. The third-order valence-corrected chi connectivity index (χ3v) is 22.1. The van der Waals surface area contributed by atoms with Crippen LogP contribution in [0.25, 0.3) is 0 Å². The number of rotatable bonds is 82. The van der Waals surface area contributed by atoms with E-state index in [0.29, 0.717) is 25.7 Å². The second kappa shape index (κ2) is 74.5. The molecular formula is C83H162O17P2. The molecule has 0 saturated carbocycles. The zero-order chi connectivity index (χ0) is 74.9. The molecule has 0 spiro atoms. The normalized spacial score (nSPS) is 14.4. The van der Waals surface area contributed by atoms with Crippen LogP contribution in [0.2, 0.25) is 0 Å². The Hall–Kier alpha value is -1.94. The summed E-state index contributed by atoms with van der Waals surface area (Å²) in [5, 5.41) is 10.7. The van der Waals surface area contributed by atoms with E-state index in [9.17, 15) is 43.2 Å². The predicted octanol–water partition coefficient (Wildman–Crippen LogP) is 25.1. The molecule has 19 heteroatoms. The first-order valence-electron chi connectivity index (χ1n) is 43.1. The van der Waals surface area contributed by atoms with Crippen LogP contribution in [0.15, 0.2) is 0 Å². The summed E-state index contributed by atoms with van der Waals surface area (Å²) in [6.45, 7) is 9.63. The van der Waals surface area contributed by atoms with Gasteiger partial charge in [0.2, 0.25) is 0 Å². The van der Waals surface area contributed by atoms with Crippen molar-refractivity contribution in [3.8, 4) is 0 Å². The monoisotopic (exact) mass is 1490 g/mol. The Labute approximate surface area is 626 Å².